The highest BCUT2D eigenvalue weighted by Crippen LogP contribution is 2.33. The minimum atomic E-state index is -0.382. The lowest BCUT2D eigenvalue weighted by molar-refractivity contribution is -0.111. The molecule has 2 heterocycles. The van der Waals surface area contributed by atoms with E-state index in [0.717, 1.165) is 29.1 Å². The number of aryl methyl sites for hydroxylation is 1. The molecule has 0 radical (unpaired) electrons. The van der Waals surface area contributed by atoms with E-state index >= 15 is 0 Å². The second-order valence-electron chi connectivity index (χ2n) is 5.96. The first-order valence-electron chi connectivity index (χ1n) is 8.21. The van der Waals surface area contributed by atoms with Gasteiger partial charge in [-0.1, -0.05) is 6.58 Å². The van der Waals surface area contributed by atoms with E-state index in [1.165, 1.54) is 18.2 Å². The Bertz CT molecular complexity index is 846. The van der Waals surface area contributed by atoms with Gasteiger partial charge in [-0.3, -0.25) is 9.59 Å². The van der Waals surface area contributed by atoms with Crippen molar-refractivity contribution in [2.24, 2.45) is 0 Å². The molecule has 1 aliphatic heterocycles. The first kappa shape index (κ1) is 18.1. The highest BCUT2D eigenvalue weighted by atomic mass is 32.2. The summed E-state index contributed by atoms with van der Waals surface area (Å²) in [6, 6.07) is 7.97. The molecule has 1 unspecified atom stereocenters. The van der Waals surface area contributed by atoms with Gasteiger partial charge in [-0.15, -0.1) is 0 Å². The van der Waals surface area contributed by atoms with Gasteiger partial charge < -0.3 is 19.7 Å². The molecule has 1 fully saturated rings. The number of nitrogens with one attached hydrogen (secondary N) is 1. The lowest BCUT2D eigenvalue weighted by atomic mass is 10.1. The molecule has 1 aliphatic rings. The second-order valence-corrected chi connectivity index (χ2v) is 7.11. The summed E-state index contributed by atoms with van der Waals surface area (Å²) in [6.45, 7) is 5.82. The Hall–Kier alpha value is -2.67. The van der Waals surface area contributed by atoms with Gasteiger partial charge in [-0.2, -0.15) is 11.8 Å². The first-order valence-corrected chi connectivity index (χ1v) is 9.36. The number of phenolic OH excluding ortho intramolecular Hbond substituents is 1. The van der Waals surface area contributed by atoms with Gasteiger partial charge in [0, 0.05) is 23.7 Å². The van der Waals surface area contributed by atoms with Crippen molar-refractivity contribution in [3.63, 3.8) is 0 Å². The van der Waals surface area contributed by atoms with Crippen LogP contribution in [0.5, 0.6) is 5.75 Å². The zero-order chi connectivity index (χ0) is 18.7. The van der Waals surface area contributed by atoms with Crippen molar-refractivity contribution < 1.29 is 19.1 Å². The maximum absolute atomic E-state index is 13.1. The number of carbonyl (C=O) groups is 2. The number of nitrogens with zero attached hydrogens (tertiary/aromatic N) is 1. The van der Waals surface area contributed by atoms with Gasteiger partial charge in [0.25, 0.3) is 5.91 Å². The van der Waals surface area contributed by atoms with Gasteiger partial charge in [0.05, 0.1) is 11.6 Å². The molecule has 1 aromatic carbocycles. The van der Waals surface area contributed by atoms with Gasteiger partial charge in [-0.05, 0) is 43.3 Å². The molecule has 0 spiro atoms. The third kappa shape index (κ3) is 3.77. The molecule has 0 aliphatic carbocycles. The fourth-order valence-corrected chi connectivity index (χ4v) is 3.91. The van der Waals surface area contributed by atoms with Crippen LogP contribution in [0.25, 0.3) is 0 Å². The van der Waals surface area contributed by atoms with E-state index in [1.54, 1.807) is 16.7 Å². The van der Waals surface area contributed by atoms with Crippen molar-refractivity contribution in [1.29, 1.82) is 0 Å². The zero-order valence-electron chi connectivity index (χ0n) is 14.4. The zero-order valence-corrected chi connectivity index (χ0v) is 15.2. The number of anilines is 1. The highest BCUT2D eigenvalue weighted by molar-refractivity contribution is 7.99. The summed E-state index contributed by atoms with van der Waals surface area (Å²) in [5, 5.41) is 12.8. The minimum Gasteiger partial charge on any atom is -0.507 e. The quantitative estimate of drug-likeness (QED) is 0.635. The fraction of sp³-hybridized carbons (Fsp3) is 0.263. The van der Waals surface area contributed by atoms with Crippen LogP contribution in [-0.4, -0.2) is 39.9 Å². The lowest BCUT2D eigenvalue weighted by Gasteiger charge is -2.34. The number of hydrogen-bond donors (Lipinski definition) is 2. The predicted octanol–water partition coefficient (Wildman–Crippen LogP) is 3.35. The van der Waals surface area contributed by atoms with E-state index in [4.69, 9.17) is 4.42 Å². The van der Waals surface area contributed by atoms with E-state index in [9.17, 15) is 14.7 Å². The number of thioether (sulfide) groups is 1. The Labute approximate surface area is 155 Å². The summed E-state index contributed by atoms with van der Waals surface area (Å²) in [6.07, 6.45) is 1.14. The molecule has 1 aromatic heterocycles. The molecule has 0 saturated carbocycles. The summed E-state index contributed by atoms with van der Waals surface area (Å²) in [4.78, 5) is 26.3. The Morgan fingerprint density at radius 1 is 1.38 bits per heavy atom. The van der Waals surface area contributed by atoms with E-state index in [1.807, 2.05) is 19.1 Å². The molecule has 2 aromatic rings. The Morgan fingerprint density at radius 2 is 2.19 bits per heavy atom. The maximum Gasteiger partial charge on any atom is 0.258 e. The van der Waals surface area contributed by atoms with Crippen molar-refractivity contribution in [3.8, 4) is 5.75 Å². The van der Waals surface area contributed by atoms with Crippen LogP contribution in [0.2, 0.25) is 0 Å². The topological polar surface area (TPSA) is 82.8 Å². The van der Waals surface area contributed by atoms with Crippen molar-refractivity contribution in [1.82, 2.24) is 4.90 Å². The van der Waals surface area contributed by atoms with Crippen LogP contribution < -0.4 is 5.32 Å². The van der Waals surface area contributed by atoms with E-state index in [2.05, 4.69) is 11.9 Å². The van der Waals surface area contributed by atoms with Gasteiger partial charge in [-0.25, -0.2) is 0 Å². The summed E-state index contributed by atoms with van der Waals surface area (Å²) in [5.41, 5.74) is 0.569. The molecule has 6 nitrogen and oxygen atoms in total. The number of benzene rings is 1. The van der Waals surface area contributed by atoms with E-state index in [-0.39, 0.29) is 29.2 Å². The smallest absolute Gasteiger partial charge is 0.258 e. The molecule has 0 bridgehead atoms. The number of phenols is 1. The summed E-state index contributed by atoms with van der Waals surface area (Å²) in [5.74, 6) is 2.27. The van der Waals surface area contributed by atoms with Crippen LogP contribution in [0.4, 0.5) is 5.69 Å². The third-order valence-corrected chi connectivity index (χ3v) is 5.18. The summed E-state index contributed by atoms with van der Waals surface area (Å²) in [7, 11) is 0. The molecule has 7 heteroatoms. The summed E-state index contributed by atoms with van der Waals surface area (Å²) < 4.78 is 5.72. The Morgan fingerprint density at radius 3 is 2.88 bits per heavy atom. The van der Waals surface area contributed by atoms with Crippen molar-refractivity contribution in [3.05, 3.63) is 60.1 Å². The lowest BCUT2D eigenvalue weighted by Crippen LogP contribution is -2.40. The fourth-order valence-electron chi connectivity index (χ4n) is 2.85. The van der Waals surface area contributed by atoms with Crippen LogP contribution in [0, 0.1) is 6.92 Å². The Kier molecular flexibility index (Phi) is 5.37. The minimum absolute atomic E-state index is 0.126. The highest BCUT2D eigenvalue weighted by Gasteiger charge is 2.32. The Balaban J connectivity index is 1.90. The molecule has 2 N–H and O–H groups in total. The van der Waals surface area contributed by atoms with Crippen LogP contribution in [0.15, 0.2) is 47.4 Å². The number of rotatable bonds is 4. The second kappa shape index (κ2) is 7.70. The van der Waals surface area contributed by atoms with Gasteiger partial charge in [0.2, 0.25) is 5.91 Å². The summed E-state index contributed by atoms with van der Waals surface area (Å²) >= 11 is 1.76. The molecule has 3 rings (SSSR count). The molecule has 26 heavy (non-hydrogen) atoms. The number of carbonyl (C=O) groups excluding carboxylic acids is 2. The van der Waals surface area contributed by atoms with Crippen LogP contribution in [0.1, 0.15) is 27.9 Å². The van der Waals surface area contributed by atoms with Crippen molar-refractivity contribution in [2.75, 3.05) is 23.4 Å². The number of amides is 2. The molecule has 1 saturated heterocycles. The number of hydrogen-bond acceptors (Lipinski definition) is 5. The molecular weight excluding hydrogens is 352 g/mol. The van der Waals surface area contributed by atoms with Crippen LogP contribution in [0.3, 0.4) is 0 Å². The number of furan rings is 1. The van der Waals surface area contributed by atoms with Crippen molar-refractivity contribution in [2.45, 2.75) is 13.0 Å². The van der Waals surface area contributed by atoms with Gasteiger partial charge >= 0.3 is 0 Å². The largest absolute Gasteiger partial charge is 0.507 e. The first-order chi connectivity index (χ1) is 12.5. The van der Waals surface area contributed by atoms with Crippen molar-refractivity contribution >= 4 is 29.3 Å². The standard InChI is InChI=1S/C19H20N2O4S/c1-3-18(23)20-13-5-6-16(22)14(10-13)19(24)21-8-9-26-11-15(21)17-7-4-12(2)25-17/h3-7,10,15,22H,1,8-9,11H2,2H3,(H,20,23). The normalized spacial score (nSPS) is 17.0. The van der Waals surface area contributed by atoms with E-state index in [0.29, 0.717) is 12.2 Å². The van der Waals surface area contributed by atoms with Gasteiger partial charge in [0.1, 0.15) is 17.3 Å². The maximum atomic E-state index is 13.1. The molecule has 136 valence electrons. The molecule has 2 amide bonds. The van der Waals surface area contributed by atoms with Crippen LogP contribution >= 0.6 is 11.8 Å². The average molecular weight is 372 g/mol. The molecular formula is C19H20N2O4S. The van der Waals surface area contributed by atoms with Crippen LogP contribution in [-0.2, 0) is 4.79 Å². The average Bonchev–Trinajstić information content (AvgIpc) is 3.09. The third-order valence-electron chi connectivity index (χ3n) is 4.16. The number of aromatic hydroxyl groups is 1. The molecule has 1 atom stereocenters. The van der Waals surface area contributed by atoms with E-state index < -0.39 is 0 Å². The van der Waals surface area contributed by atoms with Gasteiger partial charge in [0.15, 0.2) is 0 Å². The predicted molar refractivity (Wildman–Crippen MR) is 101 cm³/mol. The SMILES string of the molecule is C=CC(=O)Nc1ccc(O)c(C(=O)N2CCSCC2c2ccc(C)o2)c1. The monoisotopic (exact) mass is 372 g/mol.